The van der Waals surface area contributed by atoms with Gasteiger partial charge in [0.05, 0.1) is 11.0 Å². The maximum atomic E-state index is 11.9. The zero-order valence-electron chi connectivity index (χ0n) is 20.7. The Morgan fingerprint density at radius 2 is 1.39 bits per heavy atom. The number of rotatable bonds is 11. The molecule has 0 amide bonds. The second kappa shape index (κ2) is 11.4. The Bertz CT molecular complexity index is 1490. The van der Waals surface area contributed by atoms with Gasteiger partial charge in [0.25, 0.3) is 0 Å². The van der Waals surface area contributed by atoms with Crippen LogP contribution in [0.4, 0.5) is 0 Å². The zero-order valence-corrected chi connectivity index (χ0v) is 20.7. The van der Waals surface area contributed by atoms with E-state index in [-0.39, 0.29) is 11.0 Å². The SMILES string of the molecule is O=[N+]([O-])/C=C/C1C(NCCc2c[nH]c3ccccc23)C=CC([N+](=O)[O-])C1NCCc1c[nH]c2ccccc12. The molecule has 4 atom stereocenters. The van der Waals surface area contributed by atoms with E-state index in [9.17, 15) is 20.2 Å². The summed E-state index contributed by atoms with van der Waals surface area (Å²) in [6.45, 7) is 1.11. The predicted molar refractivity (Wildman–Crippen MR) is 147 cm³/mol. The van der Waals surface area contributed by atoms with Crippen LogP contribution in [0.3, 0.4) is 0 Å². The van der Waals surface area contributed by atoms with E-state index >= 15 is 0 Å². The first kappa shape index (κ1) is 25.4. The van der Waals surface area contributed by atoms with Crippen molar-refractivity contribution in [2.75, 3.05) is 13.1 Å². The molecule has 0 saturated carbocycles. The third kappa shape index (κ3) is 5.51. The first-order valence-corrected chi connectivity index (χ1v) is 12.7. The van der Waals surface area contributed by atoms with Gasteiger partial charge in [0, 0.05) is 51.1 Å². The molecule has 1 aliphatic rings. The summed E-state index contributed by atoms with van der Waals surface area (Å²) in [5.41, 5.74) is 4.39. The van der Waals surface area contributed by atoms with Crippen molar-refractivity contribution in [3.63, 3.8) is 0 Å². The predicted octanol–water partition coefficient (Wildman–Crippen LogP) is 3.97. The topological polar surface area (TPSA) is 142 Å². The van der Waals surface area contributed by atoms with Gasteiger partial charge in [-0.25, -0.2) is 0 Å². The lowest BCUT2D eigenvalue weighted by atomic mass is 9.81. The van der Waals surface area contributed by atoms with E-state index in [0.29, 0.717) is 19.5 Å². The molecule has 0 saturated heterocycles. The van der Waals surface area contributed by atoms with E-state index in [1.54, 1.807) is 12.2 Å². The van der Waals surface area contributed by atoms with Gasteiger partial charge in [0.2, 0.25) is 12.2 Å². The number of H-pyrrole nitrogens is 2. The van der Waals surface area contributed by atoms with Crippen molar-refractivity contribution < 1.29 is 9.85 Å². The molecule has 4 aromatic rings. The van der Waals surface area contributed by atoms with E-state index in [2.05, 4.69) is 26.7 Å². The number of nitrogens with zero attached hydrogens (tertiary/aromatic N) is 2. The van der Waals surface area contributed by atoms with Crippen LogP contribution < -0.4 is 10.6 Å². The normalized spacial score (nSPS) is 21.5. The Hall–Kier alpha value is -4.28. The number of benzene rings is 2. The fourth-order valence-corrected chi connectivity index (χ4v) is 5.43. The van der Waals surface area contributed by atoms with Gasteiger partial charge in [0.1, 0.15) is 0 Å². The van der Waals surface area contributed by atoms with Gasteiger partial charge in [-0.1, -0.05) is 42.5 Å². The summed E-state index contributed by atoms with van der Waals surface area (Å²) in [5.74, 6) is -0.480. The quantitative estimate of drug-likeness (QED) is 0.136. The van der Waals surface area contributed by atoms with Gasteiger partial charge in [0.15, 0.2) is 0 Å². The smallest absolute Gasteiger partial charge is 0.247 e. The molecule has 0 bridgehead atoms. The van der Waals surface area contributed by atoms with Crippen LogP contribution in [0.1, 0.15) is 11.1 Å². The molecule has 0 radical (unpaired) electrons. The molecular formula is C28H30N6O4. The first-order valence-electron chi connectivity index (χ1n) is 12.7. The van der Waals surface area contributed by atoms with Crippen LogP contribution in [-0.2, 0) is 12.8 Å². The molecule has 1 aliphatic carbocycles. The Balaban J connectivity index is 1.30. The van der Waals surface area contributed by atoms with Crippen LogP contribution in [0.5, 0.6) is 0 Å². The second-order valence-electron chi connectivity index (χ2n) is 9.54. The zero-order chi connectivity index (χ0) is 26.5. The number of nitro groups is 2. The highest BCUT2D eigenvalue weighted by Gasteiger charge is 2.41. The van der Waals surface area contributed by atoms with Crippen molar-refractivity contribution in [3.05, 3.63) is 117 Å². The number of nitrogens with one attached hydrogen (secondary N) is 4. The van der Waals surface area contributed by atoms with Crippen LogP contribution in [-0.4, -0.2) is 51.0 Å². The number of para-hydroxylation sites is 2. The Kier molecular flexibility index (Phi) is 7.62. The molecular weight excluding hydrogens is 484 g/mol. The molecule has 0 aliphatic heterocycles. The van der Waals surface area contributed by atoms with Gasteiger partial charge in [-0.15, -0.1) is 0 Å². The van der Waals surface area contributed by atoms with E-state index in [0.717, 1.165) is 40.0 Å². The van der Waals surface area contributed by atoms with Crippen LogP contribution in [0.15, 0.2) is 85.4 Å². The molecule has 10 nitrogen and oxygen atoms in total. The number of fused-ring (bicyclic) bond motifs is 2. The molecule has 4 N–H and O–H groups in total. The number of hydrogen-bond acceptors (Lipinski definition) is 6. The van der Waals surface area contributed by atoms with Crippen LogP contribution >= 0.6 is 0 Å². The summed E-state index contributed by atoms with van der Waals surface area (Å²) in [4.78, 5) is 28.8. The molecule has 2 aromatic carbocycles. The minimum absolute atomic E-state index is 0.293. The number of hydrogen-bond donors (Lipinski definition) is 4. The van der Waals surface area contributed by atoms with Crippen molar-refractivity contribution in [1.29, 1.82) is 0 Å². The average Bonchev–Trinajstić information content (AvgIpc) is 3.52. The largest absolute Gasteiger partial charge is 0.361 e. The van der Waals surface area contributed by atoms with Crippen molar-refractivity contribution in [1.82, 2.24) is 20.6 Å². The molecule has 4 unspecified atom stereocenters. The number of aromatic nitrogens is 2. The lowest BCUT2D eigenvalue weighted by molar-refractivity contribution is -0.515. The van der Waals surface area contributed by atoms with Crippen molar-refractivity contribution in [3.8, 4) is 0 Å². The maximum Gasteiger partial charge on any atom is 0.247 e. The van der Waals surface area contributed by atoms with Crippen LogP contribution in [0.25, 0.3) is 21.8 Å². The second-order valence-corrected chi connectivity index (χ2v) is 9.54. The van der Waals surface area contributed by atoms with E-state index in [1.807, 2.05) is 54.9 Å². The van der Waals surface area contributed by atoms with E-state index in [4.69, 9.17) is 0 Å². The summed E-state index contributed by atoms with van der Waals surface area (Å²) in [6.07, 6.45) is 11.1. The van der Waals surface area contributed by atoms with Gasteiger partial charge >= 0.3 is 0 Å². The molecule has 10 heteroatoms. The standard InChI is InChI=1S/C28H30N6O4/c35-33(36)16-13-23-26(29-14-11-19-17-31-24-7-3-1-5-21(19)24)9-10-27(34(37)38)28(23)30-15-12-20-18-32-25-8-4-2-6-22(20)25/h1-10,13,16-18,23,26-32H,11-12,14-15H2/b16-13+. The van der Waals surface area contributed by atoms with Gasteiger partial charge in [-0.3, -0.25) is 20.2 Å². The third-order valence-electron chi connectivity index (χ3n) is 7.28. The molecule has 2 aromatic heterocycles. The molecule has 0 spiro atoms. The molecule has 196 valence electrons. The highest BCUT2D eigenvalue weighted by atomic mass is 16.6. The lowest BCUT2D eigenvalue weighted by Crippen LogP contribution is -2.56. The number of aromatic amines is 2. The Labute approximate surface area is 219 Å². The highest BCUT2D eigenvalue weighted by Crippen LogP contribution is 2.25. The average molecular weight is 515 g/mol. The molecule has 2 heterocycles. The monoisotopic (exact) mass is 514 g/mol. The van der Waals surface area contributed by atoms with Gasteiger partial charge < -0.3 is 20.6 Å². The lowest BCUT2D eigenvalue weighted by Gasteiger charge is -2.35. The minimum Gasteiger partial charge on any atom is -0.361 e. The van der Waals surface area contributed by atoms with Gasteiger partial charge in [-0.05, 0) is 61.3 Å². The maximum absolute atomic E-state index is 11.9. The third-order valence-corrected chi connectivity index (χ3v) is 7.28. The van der Waals surface area contributed by atoms with E-state index < -0.39 is 22.9 Å². The fourth-order valence-electron chi connectivity index (χ4n) is 5.43. The summed E-state index contributed by atoms with van der Waals surface area (Å²) >= 11 is 0. The van der Waals surface area contributed by atoms with Crippen molar-refractivity contribution in [2.24, 2.45) is 5.92 Å². The molecule has 0 fully saturated rings. The minimum atomic E-state index is -0.994. The van der Waals surface area contributed by atoms with Crippen molar-refractivity contribution >= 4 is 21.8 Å². The van der Waals surface area contributed by atoms with Crippen LogP contribution in [0.2, 0.25) is 0 Å². The van der Waals surface area contributed by atoms with Crippen molar-refractivity contribution in [2.45, 2.75) is 31.0 Å². The van der Waals surface area contributed by atoms with Crippen LogP contribution in [0, 0.1) is 26.1 Å². The summed E-state index contributed by atoms with van der Waals surface area (Å²) < 4.78 is 0. The molecule has 5 rings (SSSR count). The summed E-state index contributed by atoms with van der Waals surface area (Å²) in [7, 11) is 0. The Morgan fingerprint density at radius 1 is 0.816 bits per heavy atom. The summed E-state index contributed by atoms with van der Waals surface area (Å²) in [5, 5.41) is 32.2. The van der Waals surface area contributed by atoms with E-state index in [1.165, 1.54) is 11.6 Å². The van der Waals surface area contributed by atoms with Gasteiger partial charge in [-0.2, -0.15) is 0 Å². The first-order chi connectivity index (χ1) is 18.5. The Morgan fingerprint density at radius 3 is 1.97 bits per heavy atom. The fraction of sp³-hybridized carbons (Fsp3) is 0.286. The highest BCUT2D eigenvalue weighted by molar-refractivity contribution is 5.83. The molecule has 38 heavy (non-hydrogen) atoms. The summed E-state index contributed by atoms with van der Waals surface area (Å²) in [6, 6.07) is 14.2.